The molecule has 0 aliphatic heterocycles. The van der Waals surface area contributed by atoms with Crippen molar-refractivity contribution in [3.63, 3.8) is 0 Å². The Morgan fingerprint density at radius 2 is 2.33 bits per heavy atom. The maximum absolute atomic E-state index is 3.15. The first-order chi connectivity index (χ1) is 2.91. The zero-order valence-corrected chi connectivity index (χ0v) is 5.40. The summed E-state index contributed by atoms with van der Waals surface area (Å²) in [6.45, 7) is 2.03. The fourth-order valence-electron chi connectivity index (χ4n) is 0.188. The standard InChI is InChI=1S/C5H8Br/c1-2-3-4-5-6/h2,4-5H,3H2,1H3. The molecule has 1 radical (unpaired) electrons. The lowest BCUT2D eigenvalue weighted by molar-refractivity contribution is 1.22. The van der Waals surface area contributed by atoms with E-state index in [4.69, 9.17) is 0 Å². The summed E-state index contributed by atoms with van der Waals surface area (Å²) in [7, 11) is 0. The summed E-state index contributed by atoms with van der Waals surface area (Å²) < 4.78 is 0. The predicted octanol–water partition coefficient (Wildman–Crippen LogP) is 2.51. The molecule has 0 bridgehead atoms. The monoisotopic (exact) mass is 147 g/mol. The molecule has 35 valence electrons. The van der Waals surface area contributed by atoms with Gasteiger partial charge >= 0.3 is 0 Å². The number of hydrogen-bond donors (Lipinski definition) is 0. The van der Waals surface area contributed by atoms with E-state index in [0.717, 1.165) is 6.42 Å². The highest BCUT2D eigenvalue weighted by molar-refractivity contribution is 9.11. The maximum atomic E-state index is 3.15. The van der Waals surface area contributed by atoms with E-state index in [0.29, 0.717) is 0 Å². The molecule has 0 aliphatic carbocycles. The summed E-state index contributed by atoms with van der Waals surface area (Å²) in [6, 6.07) is 0. The van der Waals surface area contributed by atoms with Crippen LogP contribution in [0.15, 0.2) is 11.1 Å². The normalized spacial score (nSPS) is 10.3. The minimum absolute atomic E-state index is 1.06. The van der Waals surface area contributed by atoms with Gasteiger partial charge in [0.2, 0.25) is 0 Å². The Balaban J connectivity index is 2.66. The molecule has 0 N–H and O–H groups in total. The number of unbranched alkanes of at least 4 members (excludes halogenated alkanes) is 1. The number of rotatable bonds is 2. The van der Waals surface area contributed by atoms with Gasteiger partial charge in [-0.05, 0) is 17.8 Å². The molecular weight excluding hydrogens is 140 g/mol. The summed E-state index contributed by atoms with van der Waals surface area (Å²) in [5.41, 5.74) is 0. The fraction of sp³-hybridized carbons (Fsp3) is 0.400. The zero-order valence-electron chi connectivity index (χ0n) is 3.82. The first kappa shape index (κ1) is 6.22. The predicted molar refractivity (Wildman–Crippen MR) is 32.7 cm³/mol. The van der Waals surface area contributed by atoms with Crippen LogP contribution in [-0.4, -0.2) is 0 Å². The summed E-state index contributed by atoms with van der Waals surface area (Å²) in [5, 5.41) is 0. The maximum Gasteiger partial charge on any atom is -0.0229 e. The van der Waals surface area contributed by atoms with Crippen LogP contribution in [-0.2, 0) is 0 Å². The molecule has 0 aromatic carbocycles. The molecule has 0 aromatic heterocycles. The second kappa shape index (κ2) is 5.22. The largest absolute Gasteiger partial charge is 0.0773 e. The molecule has 0 aromatic rings. The molecule has 0 atom stereocenters. The summed E-state index contributed by atoms with van der Waals surface area (Å²) in [4.78, 5) is 1.87. The minimum Gasteiger partial charge on any atom is -0.0773 e. The van der Waals surface area contributed by atoms with Crippen LogP contribution >= 0.6 is 15.9 Å². The highest BCUT2D eigenvalue weighted by atomic mass is 79.9. The SMILES string of the molecule is C[CH]CC=CBr. The molecule has 0 aliphatic rings. The van der Waals surface area contributed by atoms with E-state index < -0.39 is 0 Å². The van der Waals surface area contributed by atoms with Crippen LogP contribution in [0.2, 0.25) is 0 Å². The van der Waals surface area contributed by atoms with Gasteiger partial charge in [0.1, 0.15) is 0 Å². The van der Waals surface area contributed by atoms with E-state index in [-0.39, 0.29) is 0 Å². The number of allylic oxidation sites excluding steroid dienone is 1. The Labute approximate surface area is 47.4 Å². The van der Waals surface area contributed by atoms with Crippen molar-refractivity contribution in [2.45, 2.75) is 13.3 Å². The Morgan fingerprint density at radius 3 is 2.50 bits per heavy atom. The van der Waals surface area contributed by atoms with Crippen molar-refractivity contribution in [1.82, 2.24) is 0 Å². The average molecular weight is 148 g/mol. The van der Waals surface area contributed by atoms with Crippen LogP contribution < -0.4 is 0 Å². The van der Waals surface area contributed by atoms with E-state index >= 15 is 0 Å². The molecular formula is C5H8Br. The zero-order chi connectivity index (χ0) is 4.83. The fourth-order valence-corrected chi connectivity index (χ4v) is 0.403. The molecule has 1 heteroatoms. The van der Waals surface area contributed by atoms with Gasteiger partial charge in [0, 0.05) is 0 Å². The van der Waals surface area contributed by atoms with Crippen molar-refractivity contribution in [2.75, 3.05) is 0 Å². The van der Waals surface area contributed by atoms with Crippen molar-refractivity contribution in [3.8, 4) is 0 Å². The quantitative estimate of drug-likeness (QED) is 0.564. The smallest absolute Gasteiger partial charge is 0.0229 e. The Bertz CT molecular complexity index is 39.2. The highest BCUT2D eigenvalue weighted by Crippen LogP contribution is 1.89. The number of halogens is 1. The van der Waals surface area contributed by atoms with Crippen LogP contribution in [0, 0.1) is 6.42 Å². The van der Waals surface area contributed by atoms with Gasteiger partial charge in [0.25, 0.3) is 0 Å². The minimum atomic E-state index is 1.06. The van der Waals surface area contributed by atoms with E-state index in [9.17, 15) is 0 Å². The van der Waals surface area contributed by atoms with Gasteiger partial charge in [-0.15, -0.1) is 0 Å². The molecule has 0 rings (SSSR count). The third-order valence-corrected chi connectivity index (χ3v) is 0.835. The van der Waals surface area contributed by atoms with Crippen LogP contribution in [0.4, 0.5) is 0 Å². The first-order valence-electron chi connectivity index (χ1n) is 1.95. The molecule has 0 amide bonds. The van der Waals surface area contributed by atoms with Gasteiger partial charge < -0.3 is 0 Å². The van der Waals surface area contributed by atoms with Gasteiger partial charge in [-0.2, -0.15) is 0 Å². The third kappa shape index (κ3) is 4.22. The van der Waals surface area contributed by atoms with Gasteiger partial charge in [-0.1, -0.05) is 28.9 Å². The van der Waals surface area contributed by atoms with Crippen molar-refractivity contribution in [3.05, 3.63) is 17.5 Å². The van der Waals surface area contributed by atoms with Gasteiger partial charge in [-0.25, -0.2) is 0 Å². The molecule has 0 heterocycles. The van der Waals surface area contributed by atoms with Crippen molar-refractivity contribution < 1.29 is 0 Å². The van der Waals surface area contributed by atoms with E-state index in [1.165, 1.54) is 0 Å². The molecule has 0 saturated carbocycles. The van der Waals surface area contributed by atoms with Gasteiger partial charge in [-0.3, -0.25) is 0 Å². The van der Waals surface area contributed by atoms with Crippen molar-refractivity contribution in [2.24, 2.45) is 0 Å². The summed E-state index contributed by atoms with van der Waals surface area (Å²) in [5.74, 6) is 0. The second-order valence-electron chi connectivity index (χ2n) is 1.01. The van der Waals surface area contributed by atoms with Crippen molar-refractivity contribution >= 4 is 15.9 Å². The summed E-state index contributed by atoms with van der Waals surface area (Å²) >= 11 is 3.15. The van der Waals surface area contributed by atoms with E-state index in [1.54, 1.807) is 0 Å². The van der Waals surface area contributed by atoms with Crippen LogP contribution in [0.3, 0.4) is 0 Å². The molecule has 6 heavy (non-hydrogen) atoms. The lowest BCUT2D eigenvalue weighted by atomic mass is 10.3. The molecule has 0 fully saturated rings. The second-order valence-corrected chi connectivity index (χ2v) is 1.53. The average Bonchev–Trinajstić information content (AvgIpc) is 1.61. The van der Waals surface area contributed by atoms with E-state index in [1.807, 2.05) is 18.0 Å². The molecule has 0 spiro atoms. The topological polar surface area (TPSA) is 0 Å². The number of hydrogen-bond acceptors (Lipinski definition) is 0. The van der Waals surface area contributed by atoms with Gasteiger partial charge in [0.05, 0.1) is 0 Å². The Morgan fingerprint density at radius 1 is 1.67 bits per heavy atom. The van der Waals surface area contributed by atoms with E-state index in [2.05, 4.69) is 22.4 Å². The summed E-state index contributed by atoms with van der Waals surface area (Å²) in [6.07, 6.45) is 5.20. The van der Waals surface area contributed by atoms with Crippen molar-refractivity contribution in [1.29, 1.82) is 0 Å². The molecule has 0 saturated heterocycles. The molecule has 0 nitrogen and oxygen atoms in total. The Kier molecular flexibility index (Phi) is 5.41. The first-order valence-corrected chi connectivity index (χ1v) is 2.86. The van der Waals surface area contributed by atoms with Crippen LogP contribution in [0.1, 0.15) is 13.3 Å². The third-order valence-electron chi connectivity index (χ3n) is 0.461. The highest BCUT2D eigenvalue weighted by Gasteiger charge is 1.66. The lowest BCUT2D eigenvalue weighted by Gasteiger charge is -1.74. The lowest BCUT2D eigenvalue weighted by Crippen LogP contribution is -1.56. The van der Waals surface area contributed by atoms with Crippen LogP contribution in [0.5, 0.6) is 0 Å². The molecule has 0 unspecified atom stereocenters. The van der Waals surface area contributed by atoms with Crippen LogP contribution in [0.25, 0.3) is 0 Å². The Hall–Kier alpha value is 0.220. The van der Waals surface area contributed by atoms with Gasteiger partial charge in [0.15, 0.2) is 0 Å².